The SMILES string of the molecule is CC(=O)NC1=NC2(CCCCC2)NS1. The molecule has 0 aromatic rings. The first-order valence-corrected chi connectivity index (χ1v) is 5.83. The number of nitrogens with zero attached hydrogens (tertiary/aromatic N) is 1. The van der Waals surface area contributed by atoms with Crippen molar-refractivity contribution in [1.29, 1.82) is 0 Å². The highest BCUT2D eigenvalue weighted by Crippen LogP contribution is 2.35. The lowest BCUT2D eigenvalue weighted by Crippen LogP contribution is -2.37. The van der Waals surface area contributed by atoms with Gasteiger partial charge in [-0.2, -0.15) is 0 Å². The minimum absolute atomic E-state index is 0.0501. The van der Waals surface area contributed by atoms with Crippen LogP contribution in [0.1, 0.15) is 39.0 Å². The molecule has 1 aliphatic heterocycles. The third-order valence-corrected chi connectivity index (χ3v) is 3.49. The van der Waals surface area contributed by atoms with Gasteiger partial charge in [-0.05, 0) is 37.6 Å². The Balaban J connectivity index is 2.02. The van der Waals surface area contributed by atoms with Crippen LogP contribution in [0.5, 0.6) is 0 Å². The number of hydrogen-bond acceptors (Lipinski definition) is 4. The lowest BCUT2D eigenvalue weighted by atomic mass is 9.90. The van der Waals surface area contributed by atoms with Gasteiger partial charge in [-0.3, -0.25) is 4.79 Å². The Labute approximate surface area is 88.1 Å². The van der Waals surface area contributed by atoms with Gasteiger partial charge >= 0.3 is 0 Å². The van der Waals surface area contributed by atoms with Crippen LogP contribution in [0.3, 0.4) is 0 Å². The second-order valence-corrected chi connectivity index (χ2v) is 4.69. The molecule has 0 bridgehead atoms. The van der Waals surface area contributed by atoms with Crippen molar-refractivity contribution in [2.75, 3.05) is 0 Å². The van der Waals surface area contributed by atoms with Crippen molar-refractivity contribution in [3.8, 4) is 0 Å². The number of carbonyl (C=O) groups is 1. The fourth-order valence-electron chi connectivity index (χ4n) is 1.94. The average Bonchev–Trinajstić information content (AvgIpc) is 2.49. The number of amidine groups is 1. The van der Waals surface area contributed by atoms with Crippen LogP contribution >= 0.6 is 11.9 Å². The summed E-state index contributed by atoms with van der Waals surface area (Å²) in [5.41, 5.74) is -0.0826. The summed E-state index contributed by atoms with van der Waals surface area (Å²) in [5.74, 6) is -0.0501. The highest BCUT2D eigenvalue weighted by Gasteiger charge is 2.36. The largest absolute Gasteiger partial charge is 0.305 e. The molecule has 1 heterocycles. The van der Waals surface area contributed by atoms with Gasteiger partial charge in [0.25, 0.3) is 0 Å². The summed E-state index contributed by atoms with van der Waals surface area (Å²) in [6.07, 6.45) is 5.93. The predicted molar refractivity (Wildman–Crippen MR) is 57.8 cm³/mol. The molecule has 5 heteroatoms. The van der Waals surface area contributed by atoms with E-state index in [1.807, 2.05) is 0 Å². The highest BCUT2D eigenvalue weighted by molar-refractivity contribution is 8.12. The van der Waals surface area contributed by atoms with Gasteiger partial charge in [-0.15, -0.1) is 0 Å². The molecule has 0 saturated heterocycles. The van der Waals surface area contributed by atoms with Crippen LogP contribution in [0, 0.1) is 0 Å². The van der Waals surface area contributed by atoms with E-state index in [2.05, 4.69) is 15.0 Å². The standard InChI is InChI=1S/C9H15N3OS/c1-7(13)10-8-11-9(12-14-8)5-3-2-4-6-9/h12H,2-6H2,1H3,(H,10,11,13). The second-order valence-electron chi connectivity index (χ2n) is 3.89. The van der Waals surface area contributed by atoms with Gasteiger partial charge in [0.2, 0.25) is 5.91 Å². The summed E-state index contributed by atoms with van der Waals surface area (Å²) in [7, 11) is 0. The maximum absolute atomic E-state index is 10.8. The molecule has 1 saturated carbocycles. The fourth-order valence-corrected chi connectivity index (χ4v) is 2.89. The number of aliphatic imine (C=N–C) groups is 1. The monoisotopic (exact) mass is 213 g/mol. The smallest absolute Gasteiger partial charge is 0.222 e. The summed E-state index contributed by atoms with van der Waals surface area (Å²) in [6, 6.07) is 0. The maximum atomic E-state index is 10.8. The summed E-state index contributed by atoms with van der Waals surface area (Å²) >= 11 is 1.44. The Morgan fingerprint density at radius 2 is 2.21 bits per heavy atom. The molecule has 4 nitrogen and oxygen atoms in total. The van der Waals surface area contributed by atoms with Crippen LogP contribution < -0.4 is 10.0 Å². The van der Waals surface area contributed by atoms with E-state index in [1.54, 1.807) is 0 Å². The van der Waals surface area contributed by atoms with E-state index < -0.39 is 0 Å². The van der Waals surface area contributed by atoms with E-state index in [4.69, 9.17) is 0 Å². The molecular weight excluding hydrogens is 198 g/mol. The van der Waals surface area contributed by atoms with Crippen LogP contribution in [-0.2, 0) is 4.79 Å². The summed E-state index contributed by atoms with van der Waals surface area (Å²) in [5, 5.41) is 3.45. The summed E-state index contributed by atoms with van der Waals surface area (Å²) in [4.78, 5) is 15.4. The topological polar surface area (TPSA) is 53.5 Å². The summed E-state index contributed by atoms with van der Waals surface area (Å²) in [6.45, 7) is 1.51. The van der Waals surface area contributed by atoms with Crippen molar-refractivity contribution >= 4 is 23.0 Å². The Morgan fingerprint density at radius 3 is 2.86 bits per heavy atom. The molecule has 1 fully saturated rings. The molecule has 0 radical (unpaired) electrons. The molecule has 1 amide bonds. The van der Waals surface area contributed by atoms with Crippen LogP contribution in [0.25, 0.3) is 0 Å². The molecule has 2 aliphatic rings. The molecule has 78 valence electrons. The lowest BCUT2D eigenvalue weighted by molar-refractivity contribution is -0.117. The Kier molecular flexibility index (Phi) is 2.78. The quantitative estimate of drug-likeness (QED) is 0.598. The molecule has 0 unspecified atom stereocenters. The number of carbonyl (C=O) groups excluding carboxylic acids is 1. The van der Waals surface area contributed by atoms with E-state index >= 15 is 0 Å². The first kappa shape index (κ1) is 9.98. The number of amides is 1. The number of hydrogen-bond donors (Lipinski definition) is 2. The molecule has 0 aromatic carbocycles. The molecule has 1 spiro atoms. The van der Waals surface area contributed by atoms with Gasteiger partial charge < -0.3 is 5.32 Å². The molecule has 2 N–H and O–H groups in total. The van der Waals surface area contributed by atoms with Gasteiger partial charge in [0, 0.05) is 6.92 Å². The van der Waals surface area contributed by atoms with E-state index in [9.17, 15) is 4.79 Å². The first-order valence-electron chi connectivity index (χ1n) is 5.02. The van der Waals surface area contributed by atoms with E-state index in [1.165, 1.54) is 38.1 Å². The Hall–Kier alpha value is -0.550. The van der Waals surface area contributed by atoms with Crippen molar-refractivity contribution < 1.29 is 4.79 Å². The van der Waals surface area contributed by atoms with Crippen LogP contribution in [-0.4, -0.2) is 16.7 Å². The van der Waals surface area contributed by atoms with Crippen molar-refractivity contribution in [1.82, 2.24) is 10.0 Å². The van der Waals surface area contributed by atoms with E-state index in [0.717, 1.165) is 18.0 Å². The van der Waals surface area contributed by atoms with Crippen LogP contribution in [0.4, 0.5) is 0 Å². The lowest BCUT2D eigenvalue weighted by Gasteiger charge is -2.29. The van der Waals surface area contributed by atoms with Gasteiger partial charge in [-0.25, -0.2) is 9.71 Å². The second kappa shape index (κ2) is 3.90. The van der Waals surface area contributed by atoms with Crippen molar-refractivity contribution in [3.63, 3.8) is 0 Å². The number of rotatable bonds is 0. The van der Waals surface area contributed by atoms with Crippen LogP contribution in [0.2, 0.25) is 0 Å². The van der Waals surface area contributed by atoms with Crippen molar-refractivity contribution in [3.05, 3.63) is 0 Å². The van der Waals surface area contributed by atoms with E-state index in [0.29, 0.717) is 0 Å². The van der Waals surface area contributed by atoms with Gasteiger partial charge in [0.1, 0.15) is 5.66 Å². The van der Waals surface area contributed by atoms with Gasteiger partial charge in [0.15, 0.2) is 5.17 Å². The van der Waals surface area contributed by atoms with Gasteiger partial charge in [0.05, 0.1) is 0 Å². The summed E-state index contributed by atoms with van der Waals surface area (Å²) < 4.78 is 3.33. The molecule has 0 aromatic heterocycles. The molecule has 14 heavy (non-hydrogen) atoms. The average molecular weight is 213 g/mol. The molecular formula is C9H15N3OS. The zero-order chi connectivity index (χ0) is 10.0. The Morgan fingerprint density at radius 1 is 1.50 bits per heavy atom. The van der Waals surface area contributed by atoms with Crippen molar-refractivity contribution in [2.24, 2.45) is 4.99 Å². The predicted octanol–water partition coefficient (Wildman–Crippen LogP) is 1.39. The zero-order valence-corrected chi connectivity index (χ0v) is 9.12. The third-order valence-electron chi connectivity index (χ3n) is 2.62. The normalized spacial score (nSPS) is 24.8. The number of nitrogens with one attached hydrogen (secondary N) is 2. The van der Waals surface area contributed by atoms with Gasteiger partial charge in [-0.1, -0.05) is 6.42 Å². The maximum Gasteiger partial charge on any atom is 0.222 e. The first-order chi connectivity index (χ1) is 6.70. The fraction of sp³-hybridized carbons (Fsp3) is 0.778. The van der Waals surface area contributed by atoms with Crippen molar-refractivity contribution in [2.45, 2.75) is 44.7 Å². The molecule has 1 aliphatic carbocycles. The zero-order valence-electron chi connectivity index (χ0n) is 8.30. The highest BCUT2D eigenvalue weighted by atomic mass is 32.2. The van der Waals surface area contributed by atoms with Crippen LogP contribution in [0.15, 0.2) is 4.99 Å². The van der Waals surface area contributed by atoms with E-state index in [-0.39, 0.29) is 11.6 Å². The minimum Gasteiger partial charge on any atom is -0.305 e. The molecule has 2 rings (SSSR count). The Bertz CT molecular complexity index is 271. The molecule has 0 atom stereocenters. The third kappa shape index (κ3) is 2.09. The minimum atomic E-state index is -0.0826.